The lowest BCUT2D eigenvalue weighted by Gasteiger charge is -2.21. The minimum atomic E-state index is -3.65. The highest BCUT2D eigenvalue weighted by Gasteiger charge is 2.27. The number of unbranched alkanes of at least 4 members (excludes halogenated alkanes) is 4. The lowest BCUT2D eigenvalue weighted by Crippen LogP contribution is -2.33. The van der Waals surface area contributed by atoms with Gasteiger partial charge in [0.15, 0.2) is 0 Å². The van der Waals surface area contributed by atoms with Gasteiger partial charge in [0.2, 0.25) is 10.0 Å². The second kappa shape index (κ2) is 9.01. The van der Waals surface area contributed by atoms with Gasteiger partial charge >= 0.3 is 0 Å². The molecule has 4 N–H and O–H groups in total. The summed E-state index contributed by atoms with van der Waals surface area (Å²) in [6.45, 7) is 2.83. The van der Waals surface area contributed by atoms with Crippen molar-refractivity contribution in [2.24, 2.45) is 0 Å². The van der Waals surface area contributed by atoms with Crippen molar-refractivity contribution in [3.63, 3.8) is 0 Å². The summed E-state index contributed by atoms with van der Waals surface area (Å²) in [5.74, 6) is 0.0509. The first-order chi connectivity index (χ1) is 10.0. The molecule has 1 heterocycles. The van der Waals surface area contributed by atoms with E-state index >= 15 is 0 Å². The van der Waals surface area contributed by atoms with Gasteiger partial charge in [0.1, 0.15) is 10.7 Å². The van der Waals surface area contributed by atoms with E-state index in [0.29, 0.717) is 13.0 Å². The van der Waals surface area contributed by atoms with Gasteiger partial charge in [0.05, 0.1) is 6.20 Å². The Morgan fingerprint density at radius 1 is 1.24 bits per heavy atom. The number of aromatic amines is 1. The molecular formula is C13H26N4O3S. The van der Waals surface area contributed by atoms with E-state index in [2.05, 4.69) is 17.1 Å². The molecule has 0 radical (unpaired) electrons. The summed E-state index contributed by atoms with van der Waals surface area (Å²) in [5.41, 5.74) is 5.61. The van der Waals surface area contributed by atoms with Gasteiger partial charge in [-0.1, -0.05) is 32.6 Å². The van der Waals surface area contributed by atoms with Crippen LogP contribution in [0.2, 0.25) is 0 Å². The molecule has 0 amide bonds. The maximum atomic E-state index is 12.5. The molecule has 7 nitrogen and oxygen atoms in total. The predicted octanol–water partition coefficient (Wildman–Crippen LogP) is 1.34. The first-order valence-electron chi connectivity index (χ1n) is 7.43. The molecule has 0 aromatic carbocycles. The number of H-pyrrole nitrogens is 1. The number of nitrogens with two attached hydrogens (primary N) is 1. The van der Waals surface area contributed by atoms with E-state index in [1.54, 1.807) is 0 Å². The van der Waals surface area contributed by atoms with E-state index in [9.17, 15) is 8.42 Å². The van der Waals surface area contributed by atoms with Gasteiger partial charge in [-0.15, -0.1) is 0 Å². The van der Waals surface area contributed by atoms with Gasteiger partial charge in [-0.2, -0.15) is 9.40 Å². The first-order valence-corrected chi connectivity index (χ1v) is 8.88. The highest BCUT2D eigenvalue weighted by atomic mass is 32.2. The van der Waals surface area contributed by atoms with E-state index in [0.717, 1.165) is 32.1 Å². The van der Waals surface area contributed by atoms with Crippen LogP contribution in [-0.4, -0.2) is 47.7 Å². The number of aromatic nitrogens is 2. The molecule has 0 fully saturated rings. The molecule has 0 spiro atoms. The third kappa shape index (κ3) is 5.29. The molecule has 8 heteroatoms. The van der Waals surface area contributed by atoms with Gasteiger partial charge in [-0.25, -0.2) is 8.42 Å². The third-order valence-electron chi connectivity index (χ3n) is 3.33. The Labute approximate surface area is 126 Å². The fraction of sp³-hybridized carbons (Fsp3) is 0.769. The third-order valence-corrected chi connectivity index (χ3v) is 5.25. The average molecular weight is 318 g/mol. The molecule has 0 aliphatic rings. The van der Waals surface area contributed by atoms with Crippen molar-refractivity contribution < 1.29 is 13.5 Å². The zero-order chi connectivity index (χ0) is 15.7. The number of rotatable bonds is 11. The van der Waals surface area contributed by atoms with Crippen molar-refractivity contribution in [1.82, 2.24) is 14.5 Å². The second-order valence-electron chi connectivity index (χ2n) is 5.04. The number of nitrogen functional groups attached to an aromatic ring is 1. The summed E-state index contributed by atoms with van der Waals surface area (Å²) < 4.78 is 26.5. The van der Waals surface area contributed by atoms with Gasteiger partial charge in [0.25, 0.3) is 0 Å². The van der Waals surface area contributed by atoms with E-state index < -0.39 is 10.0 Å². The van der Waals surface area contributed by atoms with Gasteiger partial charge in [-0.05, 0) is 12.8 Å². The molecular weight excluding hydrogens is 292 g/mol. The summed E-state index contributed by atoms with van der Waals surface area (Å²) in [7, 11) is -3.65. The Morgan fingerprint density at radius 3 is 2.48 bits per heavy atom. The minimum Gasteiger partial charge on any atom is -0.396 e. The SMILES string of the molecule is CCCCCCCN(CCCO)S(=O)(=O)c1cn[nH]c1N. The molecule has 0 atom stereocenters. The lowest BCUT2D eigenvalue weighted by molar-refractivity contribution is 0.268. The summed E-state index contributed by atoms with van der Waals surface area (Å²) >= 11 is 0. The van der Waals surface area contributed by atoms with Crippen LogP contribution in [0.3, 0.4) is 0 Å². The molecule has 1 aromatic heterocycles. The first kappa shape index (κ1) is 17.9. The van der Waals surface area contributed by atoms with E-state index in [1.807, 2.05) is 0 Å². The normalized spacial score (nSPS) is 12.1. The maximum Gasteiger partial charge on any atom is 0.248 e. The standard InChI is InChI=1S/C13H26N4O3S/c1-2-3-4-5-6-8-17(9-7-10-18)21(19,20)12-11-15-16-13(12)14/h11,18H,2-10H2,1H3,(H3,14,15,16). The molecule has 0 aliphatic carbocycles. The minimum absolute atomic E-state index is 0.00833. The van der Waals surface area contributed by atoms with E-state index in [4.69, 9.17) is 10.8 Å². The van der Waals surface area contributed by atoms with Crippen molar-refractivity contribution in [2.75, 3.05) is 25.4 Å². The number of sulfonamides is 1. The molecule has 1 rings (SSSR count). The highest BCUT2D eigenvalue weighted by Crippen LogP contribution is 2.20. The fourth-order valence-corrected chi connectivity index (χ4v) is 3.65. The van der Waals surface area contributed by atoms with Crippen LogP contribution in [-0.2, 0) is 10.0 Å². The molecule has 21 heavy (non-hydrogen) atoms. The summed E-state index contributed by atoms with van der Waals surface area (Å²) in [5, 5.41) is 15.1. The van der Waals surface area contributed by atoms with Crippen molar-refractivity contribution in [1.29, 1.82) is 0 Å². The largest absolute Gasteiger partial charge is 0.396 e. The zero-order valence-electron chi connectivity index (χ0n) is 12.6. The van der Waals surface area contributed by atoms with Crippen LogP contribution in [0.5, 0.6) is 0 Å². The zero-order valence-corrected chi connectivity index (χ0v) is 13.4. The van der Waals surface area contributed by atoms with Gasteiger partial charge < -0.3 is 10.8 Å². The van der Waals surface area contributed by atoms with Gasteiger partial charge in [-0.3, -0.25) is 5.10 Å². The smallest absolute Gasteiger partial charge is 0.248 e. The highest BCUT2D eigenvalue weighted by molar-refractivity contribution is 7.89. The number of hydrogen-bond donors (Lipinski definition) is 3. The quantitative estimate of drug-likeness (QED) is 0.533. The molecule has 1 aromatic rings. The summed E-state index contributed by atoms with van der Waals surface area (Å²) in [4.78, 5) is 0.00833. The number of aliphatic hydroxyl groups excluding tert-OH is 1. The van der Waals surface area contributed by atoms with Crippen molar-refractivity contribution in [3.05, 3.63) is 6.20 Å². The number of aliphatic hydroxyl groups is 1. The molecule has 0 bridgehead atoms. The molecule has 122 valence electrons. The Morgan fingerprint density at radius 2 is 1.90 bits per heavy atom. The number of hydrogen-bond acceptors (Lipinski definition) is 5. The molecule has 0 saturated heterocycles. The van der Waals surface area contributed by atoms with E-state index in [1.165, 1.54) is 10.5 Å². The Kier molecular flexibility index (Phi) is 7.69. The average Bonchev–Trinajstić information content (AvgIpc) is 2.88. The summed E-state index contributed by atoms with van der Waals surface area (Å²) in [6.07, 6.45) is 6.87. The van der Waals surface area contributed by atoms with Crippen molar-refractivity contribution in [2.45, 2.75) is 50.3 Å². The lowest BCUT2D eigenvalue weighted by atomic mass is 10.1. The van der Waals surface area contributed by atoms with Crippen LogP contribution in [0.15, 0.2) is 11.1 Å². The van der Waals surface area contributed by atoms with Gasteiger partial charge in [0, 0.05) is 19.7 Å². The Bertz CT molecular complexity index is 501. The number of nitrogens with zero attached hydrogens (tertiary/aromatic N) is 2. The topological polar surface area (TPSA) is 112 Å². The monoisotopic (exact) mass is 318 g/mol. The van der Waals surface area contributed by atoms with Crippen LogP contribution in [0.25, 0.3) is 0 Å². The van der Waals surface area contributed by atoms with Crippen LogP contribution in [0.4, 0.5) is 5.82 Å². The van der Waals surface area contributed by atoms with Crippen LogP contribution >= 0.6 is 0 Å². The molecule has 0 saturated carbocycles. The summed E-state index contributed by atoms with van der Waals surface area (Å²) in [6, 6.07) is 0. The van der Waals surface area contributed by atoms with Crippen molar-refractivity contribution in [3.8, 4) is 0 Å². The van der Waals surface area contributed by atoms with Crippen LogP contribution in [0.1, 0.15) is 45.4 Å². The number of nitrogens with one attached hydrogen (secondary N) is 1. The van der Waals surface area contributed by atoms with Crippen molar-refractivity contribution >= 4 is 15.8 Å². The Hall–Kier alpha value is -1.12. The molecule has 0 aliphatic heterocycles. The number of anilines is 1. The molecule has 0 unspecified atom stereocenters. The van der Waals surface area contributed by atoms with E-state index in [-0.39, 0.29) is 23.9 Å². The fourth-order valence-electron chi connectivity index (χ4n) is 2.12. The van der Waals surface area contributed by atoms with Crippen LogP contribution < -0.4 is 5.73 Å². The maximum absolute atomic E-state index is 12.5. The predicted molar refractivity (Wildman–Crippen MR) is 82.2 cm³/mol. The van der Waals surface area contributed by atoms with Crippen LogP contribution in [0, 0.1) is 0 Å². The second-order valence-corrected chi connectivity index (χ2v) is 6.95. The Balaban J connectivity index is 2.70.